The maximum atomic E-state index is 6.27. The van der Waals surface area contributed by atoms with E-state index in [1.807, 2.05) is 84.9 Å². The molecule has 0 saturated carbocycles. The lowest BCUT2D eigenvalue weighted by atomic mass is 9.77. The predicted octanol–water partition coefficient (Wildman–Crippen LogP) is 6.76. The van der Waals surface area contributed by atoms with E-state index in [2.05, 4.69) is 26.0 Å². The van der Waals surface area contributed by atoms with Crippen molar-refractivity contribution in [2.75, 3.05) is 11.5 Å². The summed E-state index contributed by atoms with van der Waals surface area (Å²) in [5.41, 5.74) is 14.9. The monoisotopic (exact) mass is 410 g/mol. The van der Waals surface area contributed by atoms with Crippen LogP contribution in [-0.2, 0) is 5.41 Å². The Morgan fingerprint density at radius 2 is 1.10 bits per heavy atom. The standard InChI is InChI=1S/C27H26N2O2/c1-27(2,19-6-4-3-5-7-19)25-18-24(30-22-12-8-20(28)9-13-22)16-17-26(25)31-23-14-10-21(29)11-15-23/h3-18H,28-29H2,1-2H3. The van der Waals surface area contributed by atoms with Crippen molar-refractivity contribution in [3.8, 4) is 23.0 Å². The highest BCUT2D eigenvalue weighted by molar-refractivity contribution is 5.52. The van der Waals surface area contributed by atoms with E-state index in [1.165, 1.54) is 5.56 Å². The minimum Gasteiger partial charge on any atom is -0.457 e. The normalized spacial score (nSPS) is 11.2. The van der Waals surface area contributed by atoms with Gasteiger partial charge in [-0.15, -0.1) is 0 Å². The maximum Gasteiger partial charge on any atom is 0.131 e. The van der Waals surface area contributed by atoms with Crippen molar-refractivity contribution >= 4 is 11.4 Å². The van der Waals surface area contributed by atoms with Gasteiger partial charge in [0.1, 0.15) is 23.0 Å². The first kappa shape index (κ1) is 20.4. The molecular formula is C27H26N2O2. The van der Waals surface area contributed by atoms with Crippen molar-refractivity contribution in [2.24, 2.45) is 0 Å². The van der Waals surface area contributed by atoms with Gasteiger partial charge in [-0.2, -0.15) is 0 Å². The van der Waals surface area contributed by atoms with Crippen LogP contribution in [0.4, 0.5) is 11.4 Å². The number of nitrogen functional groups attached to an aromatic ring is 2. The third-order valence-electron chi connectivity index (χ3n) is 5.34. The molecule has 0 aliphatic carbocycles. The van der Waals surface area contributed by atoms with Gasteiger partial charge >= 0.3 is 0 Å². The molecule has 0 radical (unpaired) electrons. The topological polar surface area (TPSA) is 70.5 Å². The largest absolute Gasteiger partial charge is 0.457 e. The summed E-state index contributed by atoms with van der Waals surface area (Å²) in [5.74, 6) is 2.95. The number of ether oxygens (including phenoxy) is 2. The van der Waals surface area contributed by atoms with Crippen LogP contribution in [0.2, 0.25) is 0 Å². The molecular weight excluding hydrogens is 384 g/mol. The predicted molar refractivity (Wildman–Crippen MR) is 127 cm³/mol. The first-order valence-corrected chi connectivity index (χ1v) is 10.2. The summed E-state index contributed by atoms with van der Waals surface area (Å²) >= 11 is 0. The highest BCUT2D eigenvalue weighted by Crippen LogP contribution is 2.41. The van der Waals surface area contributed by atoms with Gasteiger partial charge in [0.2, 0.25) is 0 Å². The molecule has 4 N–H and O–H groups in total. The highest BCUT2D eigenvalue weighted by atomic mass is 16.5. The second-order valence-electron chi connectivity index (χ2n) is 7.99. The summed E-state index contributed by atoms with van der Waals surface area (Å²) in [6.07, 6.45) is 0. The van der Waals surface area contributed by atoms with E-state index in [9.17, 15) is 0 Å². The van der Waals surface area contributed by atoms with Crippen LogP contribution in [0.5, 0.6) is 23.0 Å². The van der Waals surface area contributed by atoms with Gasteiger partial charge in [-0.25, -0.2) is 0 Å². The number of hydrogen-bond acceptors (Lipinski definition) is 4. The van der Waals surface area contributed by atoms with Crippen molar-refractivity contribution in [3.63, 3.8) is 0 Å². The van der Waals surface area contributed by atoms with E-state index in [-0.39, 0.29) is 5.41 Å². The first-order valence-electron chi connectivity index (χ1n) is 10.2. The number of anilines is 2. The van der Waals surface area contributed by atoms with Crippen LogP contribution in [0.3, 0.4) is 0 Å². The molecule has 4 heteroatoms. The number of hydrogen-bond donors (Lipinski definition) is 2. The van der Waals surface area contributed by atoms with Crippen LogP contribution in [0.25, 0.3) is 0 Å². The molecule has 4 aromatic rings. The third kappa shape index (κ3) is 4.64. The average Bonchev–Trinajstić information content (AvgIpc) is 2.78. The molecule has 0 amide bonds. The van der Waals surface area contributed by atoms with Crippen LogP contribution in [0.1, 0.15) is 25.0 Å². The summed E-state index contributed by atoms with van der Waals surface area (Å²) < 4.78 is 12.4. The molecule has 4 aromatic carbocycles. The van der Waals surface area contributed by atoms with Gasteiger partial charge in [0.05, 0.1) is 0 Å². The fourth-order valence-electron chi connectivity index (χ4n) is 3.50. The van der Waals surface area contributed by atoms with Gasteiger partial charge in [0.25, 0.3) is 0 Å². The van der Waals surface area contributed by atoms with Crippen molar-refractivity contribution in [1.82, 2.24) is 0 Å². The molecule has 4 rings (SSSR count). The zero-order valence-electron chi connectivity index (χ0n) is 17.7. The molecule has 0 atom stereocenters. The van der Waals surface area contributed by atoms with E-state index in [1.54, 1.807) is 0 Å². The summed E-state index contributed by atoms with van der Waals surface area (Å²) in [7, 11) is 0. The lowest BCUT2D eigenvalue weighted by Crippen LogP contribution is -2.19. The summed E-state index contributed by atoms with van der Waals surface area (Å²) in [6, 6.07) is 31.0. The van der Waals surface area contributed by atoms with Gasteiger partial charge < -0.3 is 20.9 Å². The third-order valence-corrected chi connectivity index (χ3v) is 5.34. The van der Waals surface area contributed by atoms with E-state index in [4.69, 9.17) is 20.9 Å². The molecule has 0 fully saturated rings. The number of rotatable bonds is 6. The Morgan fingerprint density at radius 3 is 1.68 bits per heavy atom. The zero-order chi connectivity index (χ0) is 21.8. The van der Waals surface area contributed by atoms with Crippen LogP contribution < -0.4 is 20.9 Å². The summed E-state index contributed by atoms with van der Waals surface area (Å²) in [6.45, 7) is 4.36. The molecule has 0 spiro atoms. The molecule has 0 aliphatic rings. The van der Waals surface area contributed by atoms with Crippen molar-refractivity contribution in [1.29, 1.82) is 0 Å². The minimum atomic E-state index is -0.315. The minimum absolute atomic E-state index is 0.315. The lowest BCUT2D eigenvalue weighted by molar-refractivity contribution is 0.451. The fourth-order valence-corrected chi connectivity index (χ4v) is 3.50. The molecule has 0 bridgehead atoms. The van der Waals surface area contributed by atoms with Gasteiger partial charge in [0, 0.05) is 22.4 Å². The van der Waals surface area contributed by atoms with E-state index in [0.717, 1.165) is 28.6 Å². The Morgan fingerprint density at radius 1 is 0.581 bits per heavy atom. The SMILES string of the molecule is CC(C)(c1ccccc1)c1cc(Oc2ccc(N)cc2)ccc1Oc1ccc(N)cc1. The summed E-state index contributed by atoms with van der Waals surface area (Å²) in [4.78, 5) is 0. The smallest absolute Gasteiger partial charge is 0.131 e. The average molecular weight is 411 g/mol. The molecule has 156 valence electrons. The highest BCUT2D eigenvalue weighted by Gasteiger charge is 2.27. The van der Waals surface area contributed by atoms with E-state index in [0.29, 0.717) is 11.4 Å². The lowest BCUT2D eigenvalue weighted by Gasteiger charge is -2.28. The molecule has 31 heavy (non-hydrogen) atoms. The zero-order valence-corrected chi connectivity index (χ0v) is 17.7. The van der Waals surface area contributed by atoms with Gasteiger partial charge in [-0.3, -0.25) is 0 Å². The molecule has 0 heterocycles. The van der Waals surface area contributed by atoms with Crippen LogP contribution >= 0.6 is 0 Å². The number of nitrogens with two attached hydrogens (primary N) is 2. The Kier molecular flexibility index (Phi) is 5.54. The summed E-state index contributed by atoms with van der Waals surface area (Å²) in [5, 5.41) is 0. The van der Waals surface area contributed by atoms with Gasteiger partial charge in [0.15, 0.2) is 0 Å². The van der Waals surface area contributed by atoms with Gasteiger partial charge in [-0.1, -0.05) is 44.2 Å². The van der Waals surface area contributed by atoms with Crippen molar-refractivity contribution in [2.45, 2.75) is 19.3 Å². The fraction of sp³-hybridized carbons (Fsp3) is 0.111. The van der Waals surface area contributed by atoms with Crippen LogP contribution in [0, 0.1) is 0 Å². The first-order chi connectivity index (χ1) is 14.9. The Bertz CT molecular complexity index is 1150. The second kappa shape index (κ2) is 8.44. The Balaban J connectivity index is 1.74. The van der Waals surface area contributed by atoms with Crippen molar-refractivity contribution < 1.29 is 9.47 Å². The molecule has 4 nitrogen and oxygen atoms in total. The Labute approximate surface area is 183 Å². The number of benzene rings is 4. The quantitative estimate of drug-likeness (QED) is 0.344. The van der Waals surface area contributed by atoms with E-state index < -0.39 is 0 Å². The van der Waals surface area contributed by atoms with Gasteiger partial charge in [-0.05, 0) is 72.3 Å². The molecule has 0 aliphatic heterocycles. The van der Waals surface area contributed by atoms with Crippen LogP contribution in [-0.4, -0.2) is 0 Å². The molecule has 0 saturated heterocycles. The van der Waals surface area contributed by atoms with Crippen LogP contribution in [0.15, 0.2) is 97.1 Å². The van der Waals surface area contributed by atoms with Crippen molar-refractivity contribution in [3.05, 3.63) is 108 Å². The molecule has 0 unspecified atom stereocenters. The molecule has 0 aromatic heterocycles. The second-order valence-corrected chi connectivity index (χ2v) is 7.99. The Hall–Kier alpha value is -3.92. The van der Waals surface area contributed by atoms with E-state index >= 15 is 0 Å². The maximum absolute atomic E-state index is 6.27.